The maximum Gasteiger partial charge on any atom is 0.160 e. The lowest BCUT2D eigenvalue weighted by Gasteiger charge is -2.41. The van der Waals surface area contributed by atoms with Crippen molar-refractivity contribution in [1.82, 2.24) is 10.2 Å². The van der Waals surface area contributed by atoms with Crippen molar-refractivity contribution in [3.8, 4) is 0 Å². The number of hydrogen-bond acceptors (Lipinski definition) is 5. The summed E-state index contributed by atoms with van der Waals surface area (Å²) in [5, 5.41) is 18.1. The van der Waals surface area contributed by atoms with Crippen molar-refractivity contribution in [2.45, 2.75) is 38.8 Å². The van der Waals surface area contributed by atoms with Crippen LogP contribution in [0.3, 0.4) is 0 Å². The van der Waals surface area contributed by atoms with Gasteiger partial charge in [-0.3, -0.25) is 4.90 Å². The van der Waals surface area contributed by atoms with E-state index in [-0.39, 0.29) is 6.61 Å². The number of aliphatic hydroxyl groups excluding tert-OH is 1. The first-order valence-corrected chi connectivity index (χ1v) is 10.3. The number of nitrogens with one attached hydrogen (secondary N) is 2. The van der Waals surface area contributed by atoms with E-state index in [0.717, 1.165) is 19.5 Å². The molecule has 1 aliphatic carbocycles. The Hall–Kier alpha value is -0.980. The molecule has 3 rings (SSSR count). The predicted octanol–water partition coefficient (Wildman–Crippen LogP) is 4.73. The van der Waals surface area contributed by atoms with Crippen LogP contribution in [0.1, 0.15) is 33.1 Å². The Labute approximate surface area is 175 Å². The van der Waals surface area contributed by atoms with Gasteiger partial charge in [-0.05, 0) is 44.2 Å². The zero-order valence-electron chi connectivity index (χ0n) is 15.5. The standard InChI is InChI=1S/C19H25Cl3N4O/c1-3-6-26(10-13-4-5-13)19(11-27)9-17(23-12(2)25-19)24-18-15(21)7-14(20)8-16(18)22/h7-9,13,24,27H,3-6,10-11H2,1-2H3,(H,23,25). The van der Waals surface area contributed by atoms with Crippen LogP contribution in [0, 0.1) is 5.92 Å². The SMILES string of the molecule is CCCN(CC1CC1)C1(CO)C=C(Nc2c(Cl)cc(Cl)cc2Cl)NC(C)=N1. The van der Waals surface area contributed by atoms with E-state index in [9.17, 15) is 5.11 Å². The van der Waals surface area contributed by atoms with Crippen molar-refractivity contribution in [3.63, 3.8) is 0 Å². The molecule has 0 bridgehead atoms. The molecule has 0 amide bonds. The third kappa shape index (κ3) is 4.90. The third-order valence-corrected chi connectivity index (χ3v) is 5.58. The molecule has 2 aliphatic rings. The van der Waals surface area contributed by atoms with Gasteiger partial charge in [0, 0.05) is 24.2 Å². The molecule has 1 aliphatic heterocycles. The fourth-order valence-corrected chi connectivity index (χ4v) is 4.26. The average molecular weight is 432 g/mol. The highest BCUT2D eigenvalue weighted by atomic mass is 35.5. The summed E-state index contributed by atoms with van der Waals surface area (Å²) < 4.78 is 0. The fraction of sp³-hybridized carbons (Fsp3) is 0.526. The first kappa shape index (κ1) is 20.7. The van der Waals surface area contributed by atoms with Gasteiger partial charge in [0.25, 0.3) is 0 Å². The normalized spacial score (nSPS) is 22.3. The molecule has 0 aromatic heterocycles. The van der Waals surface area contributed by atoms with Crippen LogP contribution in [0.5, 0.6) is 0 Å². The lowest BCUT2D eigenvalue weighted by Crippen LogP contribution is -2.54. The Morgan fingerprint density at radius 2 is 1.96 bits per heavy atom. The lowest BCUT2D eigenvalue weighted by molar-refractivity contribution is 0.0654. The number of amidine groups is 1. The van der Waals surface area contributed by atoms with Crippen molar-refractivity contribution in [3.05, 3.63) is 39.1 Å². The summed E-state index contributed by atoms with van der Waals surface area (Å²) in [5.41, 5.74) is -0.242. The number of aliphatic hydroxyl groups is 1. The minimum atomic E-state index is -0.804. The molecule has 5 nitrogen and oxygen atoms in total. The van der Waals surface area contributed by atoms with Gasteiger partial charge in [0.15, 0.2) is 5.66 Å². The number of anilines is 1. The molecular formula is C19H25Cl3N4O. The lowest BCUT2D eigenvalue weighted by atomic mass is 10.1. The van der Waals surface area contributed by atoms with Crippen molar-refractivity contribution >= 4 is 46.3 Å². The molecule has 148 valence electrons. The van der Waals surface area contributed by atoms with Crippen molar-refractivity contribution in [2.24, 2.45) is 10.9 Å². The molecule has 1 fully saturated rings. The first-order valence-electron chi connectivity index (χ1n) is 9.20. The van der Waals surface area contributed by atoms with Crippen molar-refractivity contribution in [1.29, 1.82) is 0 Å². The van der Waals surface area contributed by atoms with Gasteiger partial charge in [0.1, 0.15) is 11.7 Å². The van der Waals surface area contributed by atoms with Crippen LogP contribution in [0.2, 0.25) is 15.1 Å². The Morgan fingerprint density at radius 3 is 2.52 bits per heavy atom. The zero-order valence-corrected chi connectivity index (χ0v) is 17.8. The summed E-state index contributed by atoms with van der Waals surface area (Å²) in [6, 6.07) is 3.27. The molecule has 0 spiro atoms. The molecule has 1 heterocycles. The number of rotatable bonds is 8. The van der Waals surface area contributed by atoms with Crippen molar-refractivity contribution in [2.75, 3.05) is 25.0 Å². The monoisotopic (exact) mass is 430 g/mol. The number of aliphatic imine (C=N–C) groups is 1. The number of nitrogens with zero attached hydrogens (tertiary/aromatic N) is 2. The highest BCUT2D eigenvalue weighted by Crippen LogP contribution is 2.36. The molecule has 0 radical (unpaired) electrons. The molecular weight excluding hydrogens is 407 g/mol. The van der Waals surface area contributed by atoms with E-state index in [1.807, 2.05) is 13.0 Å². The average Bonchev–Trinajstić information content (AvgIpc) is 3.41. The van der Waals surface area contributed by atoms with E-state index >= 15 is 0 Å². The molecule has 1 unspecified atom stereocenters. The van der Waals surface area contributed by atoms with Crippen LogP contribution in [-0.2, 0) is 0 Å². The van der Waals surface area contributed by atoms with Gasteiger partial charge in [0.2, 0.25) is 0 Å². The topological polar surface area (TPSA) is 59.9 Å². The summed E-state index contributed by atoms with van der Waals surface area (Å²) in [6.07, 6.45) is 5.39. The molecule has 27 heavy (non-hydrogen) atoms. The van der Waals surface area contributed by atoms with E-state index < -0.39 is 5.66 Å². The Kier molecular flexibility index (Phi) is 6.59. The molecule has 1 aromatic carbocycles. The molecule has 1 atom stereocenters. The van der Waals surface area contributed by atoms with Crippen LogP contribution in [0.4, 0.5) is 5.69 Å². The molecule has 8 heteroatoms. The van der Waals surface area contributed by atoms with E-state index in [0.29, 0.717) is 38.3 Å². The van der Waals surface area contributed by atoms with E-state index in [2.05, 4.69) is 22.5 Å². The van der Waals surface area contributed by atoms with Crippen LogP contribution < -0.4 is 10.6 Å². The second kappa shape index (κ2) is 8.58. The predicted molar refractivity (Wildman–Crippen MR) is 114 cm³/mol. The number of benzene rings is 1. The maximum atomic E-state index is 10.3. The summed E-state index contributed by atoms with van der Waals surface area (Å²) in [7, 11) is 0. The molecule has 3 N–H and O–H groups in total. The highest BCUT2D eigenvalue weighted by molar-refractivity contribution is 6.41. The van der Waals surface area contributed by atoms with Gasteiger partial charge >= 0.3 is 0 Å². The van der Waals surface area contributed by atoms with Gasteiger partial charge in [-0.15, -0.1) is 0 Å². The van der Waals surface area contributed by atoms with Gasteiger partial charge in [-0.25, -0.2) is 4.99 Å². The summed E-state index contributed by atoms with van der Waals surface area (Å²) in [6.45, 7) is 5.70. The highest BCUT2D eigenvalue weighted by Gasteiger charge is 2.39. The van der Waals surface area contributed by atoms with E-state index in [1.165, 1.54) is 12.8 Å². The largest absolute Gasteiger partial charge is 0.392 e. The number of halogens is 3. The summed E-state index contributed by atoms with van der Waals surface area (Å²) in [5.74, 6) is 2.09. The minimum absolute atomic E-state index is 0.105. The second-order valence-electron chi connectivity index (χ2n) is 7.18. The minimum Gasteiger partial charge on any atom is -0.392 e. The molecule has 0 saturated heterocycles. The van der Waals surface area contributed by atoms with Gasteiger partial charge in [-0.1, -0.05) is 41.7 Å². The van der Waals surface area contributed by atoms with Crippen molar-refractivity contribution < 1.29 is 5.11 Å². The Balaban J connectivity index is 1.92. The maximum absolute atomic E-state index is 10.3. The van der Waals surface area contributed by atoms with Crippen LogP contribution in [0.25, 0.3) is 0 Å². The number of hydrogen-bond donors (Lipinski definition) is 3. The smallest absolute Gasteiger partial charge is 0.160 e. The second-order valence-corrected chi connectivity index (χ2v) is 8.43. The van der Waals surface area contributed by atoms with Gasteiger partial charge in [-0.2, -0.15) is 0 Å². The zero-order chi connectivity index (χ0) is 19.6. The van der Waals surface area contributed by atoms with E-state index in [1.54, 1.807) is 12.1 Å². The first-order chi connectivity index (χ1) is 12.9. The Bertz CT molecular complexity index is 740. The van der Waals surface area contributed by atoms with Crippen LogP contribution in [-0.4, -0.2) is 41.2 Å². The molecule has 1 aromatic rings. The van der Waals surface area contributed by atoms with Gasteiger partial charge < -0.3 is 15.7 Å². The third-order valence-electron chi connectivity index (χ3n) is 4.77. The fourth-order valence-electron chi connectivity index (χ4n) is 3.34. The molecule has 1 saturated carbocycles. The van der Waals surface area contributed by atoms with Gasteiger partial charge in [0.05, 0.1) is 22.3 Å². The summed E-state index contributed by atoms with van der Waals surface area (Å²) >= 11 is 18.6. The van der Waals surface area contributed by atoms with E-state index in [4.69, 9.17) is 39.8 Å². The van der Waals surface area contributed by atoms with Crippen LogP contribution >= 0.6 is 34.8 Å². The Morgan fingerprint density at radius 1 is 1.30 bits per heavy atom. The quantitative estimate of drug-likeness (QED) is 0.557. The van der Waals surface area contributed by atoms with Crippen LogP contribution in [0.15, 0.2) is 29.0 Å². The summed E-state index contributed by atoms with van der Waals surface area (Å²) in [4.78, 5) is 7.03.